The number of hydrogen-bond acceptors (Lipinski definition) is 7. The molecule has 8 nitrogen and oxygen atoms in total. The number of aromatic nitrogens is 4. The number of benzene rings is 1. The van der Waals surface area contributed by atoms with Crippen molar-refractivity contribution in [1.29, 1.82) is 0 Å². The summed E-state index contributed by atoms with van der Waals surface area (Å²) in [6.45, 7) is 3.99. The van der Waals surface area contributed by atoms with Crippen molar-refractivity contribution < 1.29 is 17.9 Å². The fourth-order valence-electron chi connectivity index (χ4n) is 2.39. The molecule has 1 fully saturated rings. The minimum absolute atomic E-state index is 0.107. The molecule has 0 aliphatic carbocycles. The summed E-state index contributed by atoms with van der Waals surface area (Å²) in [5, 5.41) is 10.8. The SMILES string of the molecule is CC1(C)OC[C@H](CCS(=O)(=O)c2nnnn2-c2ccccc2)O1. The van der Waals surface area contributed by atoms with Crippen molar-refractivity contribution in [1.82, 2.24) is 20.2 Å². The second-order valence-corrected chi connectivity index (χ2v) is 7.77. The lowest BCUT2D eigenvalue weighted by molar-refractivity contribution is -0.138. The molecule has 1 aliphatic rings. The van der Waals surface area contributed by atoms with Crippen LogP contribution in [0.5, 0.6) is 0 Å². The summed E-state index contributed by atoms with van der Waals surface area (Å²) in [7, 11) is -3.63. The maximum absolute atomic E-state index is 12.5. The van der Waals surface area contributed by atoms with Crippen molar-refractivity contribution in [2.75, 3.05) is 12.4 Å². The van der Waals surface area contributed by atoms with Crippen molar-refractivity contribution in [3.05, 3.63) is 30.3 Å². The van der Waals surface area contributed by atoms with Crippen molar-refractivity contribution in [3.63, 3.8) is 0 Å². The van der Waals surface area contributed by atoms with Crippen LogP contribution in [0.3, 0.4) is 0 Å². The highest BCUT2D eigenvalue weighted by molar-refractivity contribution is 7.91. The van der Waals surface area contributed by atoms with Crippen LogP contribution in [0.2, 0.25) is 0 Å². The van der Waals surface area contributed by atoms with Crippen LogP contribution < -0.4 is 0 Å². The van der Waals surface area contributed by atoms with Crippen LogP contribution in [0.4, 0.5) is 0 Å². The maximum Gasteiger partial charge on any atom is 0.272 e. The Morgan fingerprint density at radius 3 is 2.70 bits per heavy atom. The highest BCUT2D eigenvalue weighted by Gasteiger charge is 2.34. The van der Waals surface area contributed by atoms with Crippen LogP contribution >= 0.6 is 0 Å². The molecule has 1 aliphatic heterocycles. The van der Waals surface area contributed by atoms with Gasteiger partial charge in [0.2, 0.25) is 9.84 Å². The zero-order valence-corrected chi connectivity index (χ0v) is 13.7. The molecule has 0 saturated carbocycles. The first-order valence-electron chi connectivity index (χ1n) is 7.26. The number of rotatable bonds is 5. The first kappa shape index (κ1) is 16.0. The van der Waals surface area contributed by atoms with Gasteiger partial charge in [-0.05, 0) is 42.8 Å². The standard InChI is InChI=1S/C14H18N4O4S/c1-14(2)21-10-12(22-14)8-9-23(19,20)13-15-16-17-18(13)11-6-4-3-5-7-11/h3-7,12H,8-10H2,1-2H3/t12-/m0/s1. The third kappa shape index (κ3) is 3.57. The van der Waals surface area contributed by atoms with Crippen molar-refractivity contribution in [3.8, 4) is 5.69 Å². The number of sulfone groups is 1. The second kappa shape index (κ2) is 5.99. The van der Waals surface area contributed by atoms with Gasteiger partial charge in [-0.15, -0.1) is 0 Å². The molecular formula is C14H18N4O4S. The summed E-state index contributed by atoms with van der Waals surface area (Å²) in [6.07, 6.45) is 0.0776. The Labute approximate surface area is 134 Å². The maximum atomic E-state index is 12.5. The van der Waals surface area contributed by atoms with E-state index in [1.165, 1.54) is 4.68 Å². The van der Waals surface area contributed by atoms with E-state index in [1.807, 2.05) is 6.07 Å². The third-order valence-corrected chi connectivity index (χ3v) is 5.08. The van der Waals surface area contributed by atoms with E-state index in [9.17, 15) is 8.42 Å². The largest absolute Gasteiger partial charge is 0.348 e. The molecule has 0 N–H and O–H groups in total. The van der Waals surface area contributed by atoms with E-state index in [2.05, 4.69) is 15.5 Å². The summed E-state index contributed by atoms with van der Waals surface area (Å²) >= 11 is 0. The molecule has 124 valence electrons. The molecule has 9 heteroatoms. The average Bonchev–Trinajstić information content (AvgIpc) is 3.13. The molecule has 1 atom stereocenters. The van der Waals surface area contributed by atoms with E-state index in [-0.39, 0.29) is 17.0 Å². The monoisotopic (exact) mass is 338 g/mol. The summed E-state index contributed by atoms with van der Waals surface area (Å²) in [5.74, 6) is -0.773. The topological polar surface area (TPSA) is 96.2 Å². The minimum Gasteiger partial charge on any atom is -0.348 e. The van der Waals surface area contributed by atoms with Gasteiger partial charge in [0, 0.05) is 0 Å². The molecular weight excluding hydrogens is 320 g/mol. The fraction of sp³-hybridized carbons (Fsp3) is 0.500. The lowest BCUT2D eigenvalue weighted by atomic mass is 10.3. The van der Waals surface area contributed by atoms with Crippen LogP contribution in [-0.2, 0) is 19.3 Å². The Bertz CT molecular complexity index is 773. The van der Waals surface area contributed by atoms with Gasteiger partial charge in [0.1, 0.15) is 0 Å². The molecule has 2 heterocycles. The number of tetrazole rings is 1. The van der Waals surface area contributed by atoms with Gasteiger partial charge in [0.25, 0.3) is 5.16 Å². The third-order valence-electron chi connectivity index (χ3n) is 3.50. The number of ether oxygens (including phenoxy) is 2. The Kier molecular flexibility index (Phi) is 4.17. The predicted octanol–water partition coefficient (Wildman–Crippen LogP) is 0.978. The Hall–Kier alpha value is -1.84. The van der Waals surface area contributed by atoms with E-state index in [4.69, 9.17) is 9.47 Å². The van der Waals surface area contributed by atoms with E-state index < -0.39 is 15.6 Å². The number of para-hydroxylation sites is 1. The summed E-state index contributed by atoms with van der Waals surface area (Å²) < 4.78 is 37.4. The van der Waals surface area contributed by atoms with Gasteiger partial charge < -0.3 is 9.47 Å². The highest BCUT2D eigenvalue weighted by Crippen LogP contribution is 2.25. The van der Waals surface area contributed by atoms with Crippen LogP contribution in [0.25, 0.3) is 5.69 Å². The van der Waals surface area contributed by atoms with Gasteiger partial charge in [-0.1, -0.05) is 23.3 Å². The first-order chi connectivity index (χ1) is 10.9. The van der Waals surface area contributed by atoms with E-state index in [1.54, 1.807) is 38.1 Å². The van der Waals surface area contributed by atoms with Crippen LogP contribution in [0.15, 0.2) is 35.5 Å². The zero-order chi connectivity index (χ0) is 16.5. The normalized spacial score (nSPS) is 20.7. The van der Waals surface area contributed by atoms with Gasteiger partial charge in [0.05, 0.1) is 24.2 Å². The zero-order valence-electron chi connectivity index (χ0n) is 12.9. The molecule has 0 amide bonds. The van der Waals surface area contributed by atoms with Crippen LogP contribution in [0, 0.1) is 0 Å². The molecule has 0 bridgehead atoms. The van der Waals surface area contributed by atoms with Gasteiger partial charge in [-0.3, -0.25) is 0 Å². The van der Waals surface area contributed by atoms with Crippen LogP contribution in [-0.4, -0.2) is 52.9 Å². The molecule has 23 heavy (non-hydrogen) atoms. The van der Waals surface area contributed by atoms with Gasteiger partial charge in [0.15, 0.2) is 5.79 Å². The smallest absolute Gasteiger partial charge is 0.272 e. The highest BCUT2D eigenvalue weighted by atomic mass is 32.2. The number of hydrogen-bond donors (Lipinski definition) is 0. The molecule has 2 aromatic rings. The predicted molar refractivity (Wildman–Crippen MR) is 80.7 cm³/mol. The van der Waals surface area contributed by atoms with Gasteiger partial charge >= 0.3 is 0 Å². The molecule has 1 saturated heterocycles. The molecule has 1 aromatic heterocycles. The van der Waals surface area contributed by atoms with Crippen LogP contribution in [0.1, 0.15) is 20.3 Å². The quantitative estimate of drug-likeness (QED) is 0.801. The molecule has 0 unspecified atom stereocenters. The molecule has 0 spiro atoms. The average molecular weight is 338 g/mol. The van der Waals surface area contributed by atoms with E-state index >= 15 is 0 Å². The fourth-order valence-corrected chi connectivity index (χ4v) is 3.71. The van der Waals surface area contributed by atoms with Crippen molar-refractivity contribution in [2.45, 2.75) is 37.3 Å². The van der Waals surface area contributed by atoms with Gasteiger partial charge in [-0.2, -0.15) is 4.68 Å². The Balaban J connectivity index is 1.75. The second-order valence-electron chi connectivity index (χ2n) is 5.77. The Morgan fingerprint density at radius 1 is 1.30 bits per heavy atom. The minimum atomic E-state index is -3.63. The summed E-state index contributed by atoms with van der Waals surface area (Å²) in [5.41, 5.74) is 0.595. The van der Waals surface area contributed by atoms with E-state index in [0.717, 1.165) is 0 Å². The van der Waals surface area contributed by atoms with Gasteiger partial charge in [-0.25, -0.2) is 8.42 Å². The first-order valence-corrected chi connectivity index (χ1v) is 8.91. The summed E-state index contributed by atoms with van der Waals surface area (Å²) in [6, 6.07) is 8.90. The molecule has 3 rings (SSSR count). The van der Waals surface area contributed by atoms with E-state index in [0.29, 0.717) is 18.7 Å². The molecule has 0 radical (unpaired) electrons. The van der Waals surface area contributed by atoms with Crippen molar-refractivity contribution in [2.24, 2.45) is 0 Å². The summed E-state index contributed by atoms with van der Waals surface area (Å²) in [4.78, 5) is 0. The Morgan fingerprint density at radius 2 is 2.04 bits per heavy atom. The lowest BCUT2D eigenvalue weighted by Gasteiger charge is -2.16. The number of nitrogens with zero attached hydrogens (tertiary/aromatic N) is 4. The van der Waals surface area contributed by atoms with Crippen molar-refractivity contribution >= 4 is 9.84 Å². The molecule has 1 aromatic carbocycles. The lowest BCUT2D eigenvalue weighted by Crippen LogP contribution is -2.23.